The maximum Gasteiger partial charge on any atom is 0.119 e. The highest BCUT2D eigenvalue weighted by molar-refractivity contribution is 6.44. The third-order valence-corrected chi connectivity index (χ3v) is 4.34. The minimum atomic E-state index is -1.32. The number of benzene rings is 1. The monoisotopic (exact) mass is 349 g/mol. The molecule has 23 heavy (non-hydrogen) atoms. The van der Waals surface area contributed by atoms with Gasteiger partial charge in [-0.05, 0) is 18.1 Å². The van der Waals surface area contributed by atoms with Crippen LogP contribution in [-0.2, 0) is 5.60 Å². The van der Waals surface area contributed by atoms with Crippen molar-refractivity contribution < 1.29 is 5.11 Å². The number of aliphatic hydroxyl groups is 1. The minimum Gasteiger partial charge on any atom is -0.380 e. The summed E-state index contributed by atoms with van der Waals surface area (Å²) in [4.78, 5) is 3.36. The lowest BCUT2D eigenvalue weighted by atomic mass is 9.78. The molecule has 1 N–H and O–H groups in total. The lowest BCUT2D eigenvalue weighted by Crippen LogP contribution is -2.35. The van der Waals surface area contributed by atoms with E-state index >= 15 is 0 Å². The van der Waals surface area contributed by atoms with Crippen molar-refractivity contribution in [1.82, 2.24) is 4.98 Å². The number of nitrogens with zero attached hydrogens (tertiary/aromatic N) is 1. The van der Waals surface area contributed by atoms with Gasteiger partial charge in [0.15, 0.2) is 0 Å². The highest BCUT2D eigenvalue weighted by atomic mass is 35.5. The zero-order chi connectivity index (χ0) is 16.7. The first-order valence-corrected chi connectivity index (χ1v) is 8.60. The maximum atomic E-state index is 11.5. The fourth-order valence-electron chi connectivity index (χ4n) is 2.66. The lowest BCUT2D eigenvalue weighted by Gasteiger charge is -2.35. The van der Waals surface area contributed by atoms with E-state index in [0.29, 0.717) is 5.56 Å². The van der Waals surface area contributed by atoms with Gasteiger partial charge in [-0.15, -0.1) is 23.2 Å². The predicted octanol–water partition coefficient (Wildman–Crippen LogP) is 5.21. The number of halogens is 2. The van der Waals surface area contributed by atoms with Crippen molar-refractivity contribution in [3.05, 3.63) is 78.1 Å². The molecule has 2 atom stereocenters. The van der Waals surface area contributed by atoms with Crippen molar-refractivity contribution in [2.24, 2.45) is 0 Å². The molecule has 4 heteroatoms. The van der Waals surface area contributed by atoms with Gasteiger partial charge >= 0.3 is 0 Å². The number of rotatable bonds is 7. The zero-order valence-corrected chi connectivity index (χ0v) is 14.6. The first-order chi connectivity index (χ1) is 11.1. The Morgan fingerprint density at radius 2 is 1.91 bits per heavy atom. The third-order valence-electron chi connectivity index (χ3n) is 3.84. The molecule has 1 aromatic carbocycles. The van der Waals surface area contributed by atoms with Crippen LogP contribution in [0.15, 0.2) is 67.0 Å². The Hall–Kier alpha value is -1.35. The van der Waals surface area contributed by atoms with Crippen LogP contribution in [0.3, 0.4) is 0 Å². The van der Waals surface area contributed by atoms with Crippen LogP contribution in [-0.4, -0.2) is 14.9 Å². The van der Waals surface area contributed by atoms with E-state index in [1.54, 1.807) is 24.5 Å². The second-order valence-corrected chi connectivity index (χ2v) is 6.64. The second-order valence-electron chi connectivity index (χ2n) is 5.48. The zero-order valence-electron chi connectivity index (χ0n) is 13.1. The van der Waals surface area contributed by atoms with Crippen LogP contribution in [0.1, 0.15) is 36.8 Å². The van der Waals surface area contributed by atoms with E-state index in [4.69, 9.17) is 23.2 Å². The average Bonchev–Trinajstić information content (AvgIpc) is 2.57. The van der Waals surface area contributed by atoms with E-state index in [1.165, 1.54) is 0 Å². The third kappa shape index (κ3) is 4.35. The Kier molecular flexibility index (Phi) is 6.64. The molecule has 2 nitrogen and oxygen atoms in total. The average molecular weight is 350 g/mol. The van der Waals surface area contributed by atoms with E-state index in [1.807, 2.05) is 42.5 Å². The molecule has 0 bridgehead atoms. The number of pyridine rings is 1. The smallest absolute Gasteiger partial charge is 0.119 e. The summed E-state index contributed by atoms with van der Waals surface area (Å²) in [6, 6.07) is 13.3. The normalized spacial score (nSPS) is 15.7. The standard InChI is InChI=1S/C19H21Cl2NO/c1-2-3-7-12-19(23,16-11-8-13-22-14-16)17(18(20)21)15-9-5-4-6-10-15/h4-14,17-18,23H,2-3H2,1H3/b12-7-. The van der Waals surface area contributed by atoms with Gasteiger partial charge in [-0.1, -0.05) is 61.9 Å². The van der Waals surface area contributed by atoms with Crippen LogP contribution >= 0.6 is 23.2 Å². The van der Waals surface area contributed by atoms with Gasteiger partial charge in [-0.2, -0.15) is 0 Å². The quantitative estimate of drug-likeness (QED) is 0.549. The molecule has 0 spiro atoms. The van der Waals surface area contributed by atoms with Crippen molar-refractivity contribution >= 4 is 23.2 Å². The SMILES string of the molecule is CCC/C=C\C(O)(c1cccnc1)C(c1ccccc1)C(Cl)Cl. The van der Waals surface area contributed by atoms with E-state index in [0.717, 1.165) is 18.4 Å². The van der Waals surface area contributed by atoms with Crippen molar-refractivity contribution in [2.75, 3.05) is 0 Å². The molecule has 2 aromatic rings. The molecule has 0 aliphatic carbocycles. The first-order valence-electron chi connectivity index (χ1n) is 7.73. The van der Waals surface area contributed by atoms with Gasteiger partial charge < -0.3 is 5.11 Å². The molecule has 1 aromatic heterocycles. The molecular weight excluding hydrogens is 329 g/mol. The number of hydrogen-bond acceptors (Lipinski definition) is 2. The Morgan fingerprint density at radius 1 is 1.17 bits per heavy atom. The van der Waals surface area contributed by atoms with E-state index in [-0.39, 0.29) is 0 Å². The Labute approximate surface area is 147 Å². The predicted molar refractivity (Wildman–Crippen MR) is 96.9 cm³/mol. The maximum absolute atomic E-state index is 11.5. The number of aromatic nitrogens is 1. The summed E-state index contributed by atoms with van der Waals surface area (Å²) < 4.78 is 0. The number of unbranched alkanes of at least 4 members (excludes halogenated alkanes) is 1. The fourth-order valence-corrected chi connectivity index (χ4v) is 3.34. The minimum absolute atomic E-state index is 0.496. The molecule has 1 heterocycles. The molecule has 0 amide bonds. The topological polar surface area (TPSA) is 33.1 Å². The fraction of sp³-hybridized carbons (Fsp3) is 0.316. The van der Waals surface area contributed by atoms with Crippen LogP contribution in [0.25, 0.3) is 0 Å². The molecule has 0 radical (unpaired) electrons. The van der Waals surface area contributed by atoms with E-state index < -0.39 is 16.4 Å². The number of alkyl halides is 2. The summed E-state index contributed by atoms with van der Waals surface area (Å²) in [5, 5.41) is 11.5. The summed E-state index contributed by atoms with van der Waals surface area (Å²) in [5.41, 5.74) is 0.237. The summed E-state index contributed by atoms with van der Waals surface area (Å²) in [6.07, 6.45) is 8.97. The molecule has 0 aliphatic rings. The summed E-state index contributed by atoms with van der Waals surface area (Å²) >= 11 is 12.6. The van der Waals surface area contributed by atoms with Crippen LogP contribution in [0.5, 0.6) is 0 Å². The molecule has 0 saturated heterocycles. The van der Waals surface area contributed by atoms with Crippen LogP contribution in [0, 0.1) is 0 Å². The lowest BCUT2D eigenvalue weighted by molar-refractivity contribution is 0.0613. The van der Waals surface area contributed by atoms with E-state index in [2.05, 4.69) is 11.9 Å². The number of hydrogen-bond donors (Lipinski definition) is 1. The molecule has 0 aliphatic heterocycles. The second kappa shape index (κ2) is 8.49. The molecule has 2 unspecified atom stereocenters. The van der Waals surface area contributed by atoms with Gasteiger partial charge in [-0.25, -0.2) is 0 Å². The molecule has 2 rings (SSSR count). The highest BCUT2D eigenvalue weighted by Gasteiger charge is 2.41. The van der Waals surface area contributed by atoms with Crippen molar-refractivity contribution in [3.63, 3.8) is 0 Å². The molecule has 122 valence electrons. The first kappa shape index (κ1) is 18.0. The van der Waals surface area contributed by atoms with Gasteiger partial charge in [0, 0.05) is 18.0 Å². The van der Waals surface area contributed by atoms with Crippen LogP contribution in [0.4, 0.5) is 0 Å². The van der Waals surface area contributed by atoms with Gasteiger partial charge in [0.05, 0.1) is 5.92 Å². The van der Waals surface area contributed by atoms with Gasteiger partial charge in [0.25, 0.3) is 0 Å². The van der Waals surface area contributed by atoms with Crippen molar-refractivity contribution in [3.8, 4) is 0 Å². The van der Waals surface area contributed by atoms with Gasteiger partial charge in [-0.3, -0.25) is 4.98 Å². The molecule has 0 fully saturated rings. The van der Waals surface area contributed by atoms with Gasteiger partial charge in [0.2, 0.25) is 0 Å². The summed E-state index contributed by atoms with van der Waals surface area (Å²) in [7, 11) is 0. The summed E-state index contributed by atoms with van der Waals surface area (Å²) in [5.74, 6) is -0.496. The van der Waals surface area contributed by atoms with Gasteiger partial charge in [0.1, 0.15) is 10.4 Å². The van der Waals surface area contributed by atoms with E-state index in [9.17, 15) is 5.11 Å². The Bertz CT molecular complexity index is 616. The Morgan fingerprint density at radius 3 is 2.48 bits per heavy atom. The molecular formula is C19H21Cl2NO. The van der Waals surface area contributed by atoms with Crippen molar-refractivity contribution in [2.45, 2.75) is 36.1 Å². The van der Waals surface area contributed by atoms with Crippen LogP contribution in [0.2, 0.25) is 0 Å². The summed E-state index contributed by atoms with van der Waals surface area (Å²) in [6.45, 7) is 2.09. The largest absolute Gasteiger partial charge is 0.380 e. The van der Waals surface area contributed by atoms with Crippen molar-refractivity contribution in [1.29, 1.82) is 0 Å². The number of allylic oxidation sites excluding steroid dienone is 1. The van der Waals surface area contributed by atoms with Crippen LogP contribution < -0.4 is 0 Å². The highest BCUT2D eigenvalue weighted by Crippen LogP contribution is 2.43. The molecule has 0 saturated carbocycles. The Balaban J connectivity index is 2.54.